The van der Waals surface area contributed by atoms with Gasteiger partial charge in [0.25, 0.3) is 0 Å². The van der Waals surface area contributed by atoms with Crippen LogP contribution in [0.5, 0.6) is 0 Å². The lowest BCUT2D eigenvalue weighted by Crippen LogP contribution is -2.45. The highest BCUT2D eigenvalue weighted by atomic mass is 16.5. The van der Waals surface area contributed by atoms with E-state index in [0.29, 0.717) is 37.2 Å². The molecule has 29 heavy (non-hydrogen) atoms. The van der Waals surface area contributed by atoms with E-state index in [1.807, 2.05) is 30.3 Å². The van der Waals surface area contributed by atoms with E-state index in [1.165, 1.54) is 0 Å². The molecule has 0 radical (unpaired) electrons. The number of rotatable bonds is 7. The monoisotopic (exact) mass is 398 g/mol. The van der Waals surface area contributed by atoms with E-state index >= 15 is 0 Å². The van der Waals surface area contributed by atoms with Crippen molar-refractivity contribution in [3.8, 4) is 0 Å². The van der Waals surface area contributed by atoms with Crippen molar-refractivity contribution in [2.45, 2.75) is 44.6 Å². The van der Waals surface area contributed by atoms with Crippen LogP contribution in [0.2, 0.25) is 0 Å². The highest BCUT2D eigenvalue weighted by molar-refractivity contribution is 5.82. The average Bonchev–Trinajstić information content (AvgIpc) is 3.50. The highest BCUT2D eigenvalue weighted by Crippen LogP contribution is 2.38. The molecule has 4 rings (SSSR count). The van der Waals surface area contributed by atoms with Crippen molar-refractivity contribution in [1.29, 1.82) is 0 Å². The molecular formula is C21H26N4O4. The predicted molar refractivity (Wildman–Crippen MR) is 104 cm³/mol. The largest absolute Gasteiger partial charge is 0.445 e. The number of aromatic nitrogens is 2. The first-order valence-corrected chi connectivity index (χ1v) is 10.2. The van der Waals surface area contributed by atoms with E-state index in [-0.39, 0.29) is 19.1 Å². The van der Waals surface area contributed by atoms with Crippen LogP contribution in [0.3, 0.4) is 0 Å². The molecule has 154 valence electrons. The van der Waals surface area contributed by atoms with E-state index in [4.69, 9.17) is 9.26 Å². The summed E-state index contributed by atoms with van der Waals surface area (Å²) in [6.07, 6.45) is 4.34. The zero-order chi connectivity index (χ0) is 20.1. The Morgan fingerprint density at radius 2 is 2.03 bits per heavy atom. The Hall–Kier alpha value is -2.90. The summed E-state index contributed by atoms with van der Waals surface area (Å²) in [7, 11) is 0. The number of benzene rings is 1. The van der Waals surface area contributed by atoms with Crippen LogP contribution in [0.25, 0.3) is 0 Å². The quantitative estimate of drug-likeness (QED) is 0.770. The van der Waals surface area contributed by atoms with Gasteiger partial charge >= 0.3 is 6.09 Å². The summed E-state index contributed by atoms with van der Waals surface area (Å²) in [4.78, 5) is 30.6. The van der Waals surface area contributed by atoms with Gasteiger partial charge in [-0.1, -0.05) is 35.5 Å². The summed E-state index contributed by atoms with van der Waals surface area (Å²) in [5, 5.41) is 6.60. The molecule has 1 saturated carbocycles. The Morgan fingerprint density at radius 3 is 2.83 bits per heavy atom. The van der Waals surface area contributed by atoms with Gasteiger partial charge in [0.1, 0.15) is 13.2 Å². The van der Waals surface area contributed by atoms with E-state index in [2.05, 4.69) is 15.5 Å². The maximum absolute atomic E-state index is 12.5. The second-order valence-corrected chi connectivity index (χ2v) is 7.79. The summed E-state index contributed by atoms with van der Waals surface area (Å²) in [5.74, 6) is 2.15. The van der Waals surface area contributed by atoms with Crippen LogP contribution in [0, 0.1) is 5.92 Å². The molecule has 1 aromatic heterocycles. The second-order valence-electron chi connectivity index (χ2n) is 7.79. The smallest absolute Gasteiger partial charge is 0.407 e. The number of hydrogen-bond acceptors (Lipinski definition) is 6. The first kappa shape index (κ1) is 19.4. The average molecular weight is 398 g/mol. The summed E-state index contributed by atoms with van der Waals surface area (Å²) in [6.45, 7) is 1.46. The maximum atomic E-state index is 12.5. The normalized spacial score (nSPS) is 19.0. The molecule has 8 heteroatoms. The topological polar surface area (TPSA) is 97.6 Å². The number of ether oxygens (including phenoxy) is 1. The zero-order valence-corrected chi connectivity index (χ0v) is 16.4. The van der Waals surface area contributed by atoms with Crippen LogP contribution in [0.4, 0.5) is 4.79 Å². The molecule has 0 bridgehead atoms. The van der Waals surface area contributed by atoms with Crippen LogP contribution < -0.4 is 5.32 Å². The van der Waals surface area contributed by atoms with Gasteiger partial charge in [0, 0.05) is 25.4 Å². The highest BCUT2D eigenvalue weighted by Gasteiger charge is 2.30. The van der Waals surface area contributed by atoms with E-state index in [0.717, 1.165) is 37.1 Å². The molecule has 1 atom stereocenters. The number of carbonyl (C=O) groups is 2. The van der Waals surface area contributed by atoms with E-state index in [1.54, 1.807) is 4.90 Å². The van der Waals surface area contributed by atoms with Crippen LogP contribution in [0.1, 0.15) is 48.9 Å². The number of alkyl carbamates (subject to hydrolysis) is 1. The first-order valence-electron chi connectivity index (χ1n) is 10.2. The number of likely N-dealkylation sites (tertiary alicyclic amines) is 1. The fraction of sp³-hybridized carbons (Fsp3) is 0.524. The van der Waals surface area contributed by atoms with Crippen LogP contribution in [0.15, 0.2) is 34.9 Å². The lowest BCUT2D eigenvalue weighted by Gasteiger charge is -2.32. The summed E-state index contributed by atoms with van der Waals surface area (Å²) in [5.41, 5.74) is 0.902. The third-order valence-electron chi connectivity index (χ3n) is 5.36. The number of nitrogens with zero attached hydrogens (tertiary/aromatic N) is 3. The van der Waals surface area contributed by atoms with Crippen molar-refractivity contribution < 1.29 is 18.8 Å². The van der Waals surface area contributed by atoms with Crippen molar-refractivity contribution in [2.75, 3.05) is 19.6 Å². The lowest BCUT2D eigenvalue weighted by atomic mass is 9.94. The molecular weight excluding hydrogens is 372 g/mol. The molecule has 2 fully saturated rings. The van der Waals surface area contributed by atoms with Crippen molar-refractivity contribution >= 4 is 12.0 Å². The second kappa shape index (κ2) is 9.07. The fourth-order valence-electron chi connectivity index (χ4n) is 3.60. The van der Waals surface area contributed by atoms with Gasteiger partial charge < -0.3 is 19.5 Å². The Kier molecular flexibility index (Phi) is 6.07. The number of piperidine rings is 1. The van der Waals surface area contributed by atoms with Gasteiger partial charge in [-0.3, -0.25) is 4.79 Å². The van der Waals surface area contributed by atoms with Gasteiger partial charge in [-0.2, -0.15) is 4.98 Å². The van der Waals surface area contributed by atoms with E-state index < -0.39 is 6.09 Å². The van der Waals surface area contributed by atoms with Gasteiger partial charge in [-0.15, -0.1) is 0 Å². The minimum atomic E-state index is -0.589. The SMILES string of the molecule is O=C(NCC(=O)N1CCC[C@@H](Cc2nc(C3CC3)no2)C1)OCc1ccccc1. The molecule has 1 aliphatic heterocycles. The summed E-state index contributed by atoms with van der Waals surface area (Å²) < 4.78 is 10.5. The fourth-order valence-corrected chi connectivity index (χ4v) is 3.60. The van der Waals surface area contributed by atoms with Gasteiger partial charge in [-0.05, 0) is 37.2 Å². The molecule has 1 aliphatic carbocycles. The molecule has 8 nitrogen and oxygen atoms in total. The number of nitrogens with one attached hydrogen (secondary N) is 1. The molecule has 2 aliphatic rings. The first-order chi connectivity index (χ1) is 14.2. The van der Waals surface area contributed by atoms with E-state index in [9.17, 15) is 9.59 Å². The predicted octanol–water partition coefficient (Wildman–Crippen LogP) is 2.65. The molecule has 1 saturated heterocycles. The number of carbonyl (C=O) groups excluding carboxylic acids is 2. The molecule has 2 heterocycles. The van der Waals surface area contributed by atoms with Gasteiger partial charge in [0.05, 0.1) is 0 Å². The molecule has 1 N–H and O–H groups in total. The minimum Gasteiger partial charge on any atom is -0.445 e. The number of amides is 2. The molecule has 1 aromatic carbocycles. The lowest BCUT2D eigenvalue weighted by molar-refractivity contribution is -0.132. The Labute approximate surface area is 169 Å². The molecule has 0 spiro atoms. The maximum Gasteiger partial charge on any atom is 0.407 e. The molecule has 0 unspecified atom stereocenters. The molecule has 2 aromatic rings. The zero-order valence-electron chi connectivity index (χ0n) is 16.4. The van der Waals surface area contributed by atoms with Gasteiger partial charge in [0.15, 0.2) is 5.82 Å². The van der Waals surface area contributed by atoms with Crippen LogP contribution >= 0.6 is 0 Å². The van der Waals surface area contributed by atoms with Gasteiger partial charge in [-0.25, -0.2) is 4.79 Å². The minimum absolute atomic E-state index is 0.0628. The summed E-state index contributed by atoms with van der Waals surface area (Å²) in [6, 6.07) is 9.42. The van der Waals surface area contributed by atoms with Gasteiger partial charge in [0.2, 0.25) is 11.8 Å². The van der Waals surface area contributed by atoms with Crippen molar-refractivity contribution in [3.05, 3.63) is 47.6 Å². The Balaban J connectivity index is 1.19. The third-order valence-corrected chi connectivity index (χ3v) is 5.36. The van der Waals surface area contributed by atoms with Crippen LogP contribution in [-0.4, -0.2) is 46.7 Å². The van der Waals surface area contributed by atoms with Crippen molar-refractivity contribution in [2.24, 2.45) is 5.92 Å². The van der Waals surface area contributed by atoms with Crippen molar-refractivity contribution in [1.82, 2.24) is 20.4 Å². The Morgan fingerprint density at radius 1 is 1.21 bits per heavy atom. The Bertz CT molecular complexity index is 834. The number of hydrogen-bond donors (Lipinski definition) is 1. The van der Waals surface area contributed by atoms with Crippen LogP contribution in [-0.2, 0) is 22.6 Å². The van der Waals surface area contributed by atoms with Crippen molar-refractivity contribution in [3.63, 3.8) is 0 Å². The molecule has 2 amide bonds. The summed E-state index contributed by atoms with van der Waals surface area (Å²) >= 11 is 0. The third kappa shape index (κ3) is 5.56. The standard InChI is InChI=1S/C21H26N4O4/c26-19(12-22-21(27)28-14-15-5-2-1-3-6-15)25-10-4-7-16(13-25)11-18-23-20(24-29-18)17-8-9-17/h1-3,5-6,16-17H,4,7-14H2,(H,22,27)/t16-/m0/s1.